The van der Waals surface area contributed by atoms with Gasteiger partial charge in [-0.15, -0.1) is 0 Å². The summed E-state index contributed by atoms with van der Waals surface area (Å²) in [7, 11) is 0. The maximum absolute atomic E-state index is 13.2. The van der Waals surface area contributed by atoms with Crippen LogP contribution in [0.4, 0.5) is 5.69 Å². The number of nitrogens with zero attached hydrogens (tertiary/aromatic N) is 4. The Morgan fingerprint density at radius 2 is 1.88 bits per heavy atom. The first-order valence-electron chi connectivity index (χ1n) is 14.1. The largest absolute Gasteiger partial charge is 0.458 e. The van der Waals surface area contributed by atoms with Crippen LogP contribution in [0.15, 0.2) is 47.1 Å². The quantitative estimate of drug-likeness (QED) is 0.367. The van der Waals surface area contributed by atoms with E-state index < -0.39 is 11.6 Å². The summed E-state index contributed by atoms with van der Waals surface area (Å²) in [6, 6.07) is 8.56. The van der Waals surface area contributed by atoms with E-state index in [1.165, 1.54) is 5.06 Å². The third-order valence-electron chi connectivity index (χ3n) is 6.72. The molecule has 10 nitrogen and oxygen atoms in total. The number of amides is 2. The first-order chi connectivity index (χ1) is 19.5. The van der Waals surface area contributed by atoms with Crippen LogP contribution < -0.4 is 5.73 Å². The van der Waals surface area contributed by atoms with Gasteiger partial charge in [-0.2, -0.15) is 0 Å². The summed E-state index contributed by atoms with van der Waals surface area (Å²) in [6.45, 7) is 10.6. The van der Waals surface area contributed by atoms with Gasteiger partial charge in [0, 0.05) is 42.4 Å². The van der Waals surface area contributed by atoms with Crippen LogP contribution in [0.5, 0.6) is 0 Å². The Balaban J connectivity index is 1.54. The molecule has 218 valence electrons. The zero-order valence-corrected chi connectivity index (χ0v) is 24.5. The first kappa shape index (κ1) is 29.9. The molecule has 41 heavy (non-hydrogen) atoms. The number of esters is 1. The van der Waals surface area contributed by atoms with E-state index in [2.05, 4.69) is 9.98 Å². The molecule has 1 saturated heterocycles. The molecule has 4 rings (SSSR count). The molecule has 0 aliphatic carbocycles. The van der Waals surface area contributed by atoms with Crippen LogP contribution in [-0.2, 0) is 19.2 Å². The fourth-order valence-electron chi connectivity index (χ4n) is 4.91. The van der Waals surface area contributed by atoms with Crippen LogP contribution in [0, 0.1) is 0 Å². The van der Waals surface area contributed by atoms with Crippen LogP contribution in [0.25, 0.3) is 17.2 Å². The van der Waals surface area contributed by atoms with Crippen molar-refractivity contribution in [1.29, 1.82) is 0 Å². The topological polar surface area (TPSA) is 127 Å². The molecule has 1 atom stereocenters. The van der Waals surface area contributed by atoms with E-state index in [4.69, 9.17) is 15.3 Å². The lowest BCUT2D eigenvalue weighted by molar-refractivity contribution is -0.180. The Hall–Kier alpha value is -4.05. The summed E-state index contributed by atoms with van der Waals surface area (Å²) >= 11 is 0. The molecule has 2 N–H and O–H groups in total. The Morgan fingerprint density at radius 3 is 2.54 bits per heavy atom. The van der Waals surface area contributed by atoms with Crippen molar-refractivity contribution in [3.63, 3.8) is 0 Å². The number of hydrogen-bond donors (Lipinski definition) is 1. The third-order valence-corrected chi connectivity index (χ3v) is 6.72. The van der Waals surface area contributed by atoms with Crippen LogP contribution in [0.2, 0.25) is 0 Å². The smallest absolute Gasteiger partial charge is 0.329 e. The van der Waals surface area contributed by atoms with Crippen LogP contribution in [0.1, 0.15) is 76.4 Å². The average molecular weight is 562 g/mol. The molecule has 0 radical (unpaired) electrons. The van der Waals surface area contributed by atoms with Crippen LogP contribution in [0.3, 0.4) is 0 Å². The van der Waals surface area contributed by atoms with Gasteiger partial charge in [-0.1, -0.05) is 25.1 Å². The van der Waals surface area contributed by atoms with Crippen molar-refractivity contribution in [2.24, 2.45) is 10.7 Å². The van der Waals surface area contributed by atoms with Crippen molar-refractivity contribution in [1.82, 2.24) is 14.9 Å². The summed E-state index contributed by atoms with van der Waals surface area (Å²) in [5.41, 5.74) is 9.39. The van der Waals surface area contributed by atoms with Crippen molar-refractivity contribution >= 4 is 35.4 Å². The Kier molecular flexibility index (Phi) is 9.22. The van der Waals surface area contributed by atoms with Gasteiger partial charge < -0.3 is 15.4 Å². The van der Waals surface area contributed by atoms with E-state index in [0.717, 1.165) is 29.5 Å². The predicted molar refractivity (Wildman–Crippen MR) is 157 cm³/mol. The Labute approximate surface area is 241 Å². The summed E-state index contributed by atoms with van der Waals surface area (Å²) in [4.78, 5) is 55.1. The molecule has 2 amide bonds. The molecule has 10 heteroatoms. The number of carbonyl (C=O) groups is 3. The maximum Gasteiger partial charge on any atom is 0.329 e. The number of ether oxygens (including phenoxy) is 1. The number of aromatic nitrogens is 1. The van der Waals surface area contributed by atoms with Crippen LogP contribution in [-0.4, -0.2) is 69.9 Å². The minimum atomic E-state index is -0.622. The molecule has 0 spiro atoms. The molecule has 2 aliphatic heterocycles. The van der Waals surface area contributed by atoms with E-state index >= 15 is 0 Å². The van der Waals surface area contributed by atoms with Gasteiger partial charge in [0.25, 0.3) is 11.8 Å². The monoisotopic (exact) mass is 561 g/mol. The highest BCUT2D eigenvalue weighted by molar-refractivity contribution is 6.05. The minimum Gasteiger partial charge on any atom is -0.458 e. The van der Waals surface area contributed by atoms with Gasteiger partial charge in [-0.3, -0.25) is 19.4 Å². The second-order valence-corrected chi connectivity index (χ2v) is 11.2. The first-order valence-corrected chi connectivity index (χ1v) is 14.1. The summed E-state index contributed by atoms with van der Waals surface area (Å²) < 4.78 is 5.53. The number of benzene rings is 1. The van der Waals surface area contributed by atoms with E-state index in [0.29, 0.717) is 43.2 Å². The van der Waals surface area contributed by atoms with Gasteiger partial charge in [0.1, 0.15) is 23.2 Å². The lowest BCUT2D eigenvalue weighted by Crippen LogP contribution is -2.43. The molecule has 3 heterocycles. The number of fused-ring (bicyclic) bond motifs is 1. The fraction of sp³-hybridized carbons (Fsp3) is 0.452. The highest BCUT2D eigenvalue weighted by atomic mass is 16.7. The molecule has 1 aromatic heterocycles. The van der Waals surface area contributed by atoms with Crippen molar-refractivity contribution in [2.75, 3.05) is 19.7 Å². The number of aliphatic imine (C=N–C) groups is 1. The summed E-state index contributed by atoms with van der Waals surface area (Å²) in [6.07, 6.45) is 5.73. The van der Waals surface area contributed by atoms with Crippen molar-refractivity contribution in [3.8, 4) is 11.1 Å². The van der Waals surface area contributed by atoms with Crippen molar-refractivity contribution in [2.45, 2.75) is 71.9 Å². The van der Waals surface area contributed by atoms with E-state index in [1.807, 2.05) is 65.0 Å². The van der Waals surface area contributed by atoms with Gasteiger partial charge in [0.2, 0.25) is 0 Å². The van der Waals surface area contributed by atoms with Gasteiger partial charge >= 0.3 is 5.97 Å². The van der Waals surface area contributed by atoms with E-state index in [9.17, 15) is 14.4 Å². The molecular weight excluding hydrogens is 522 g/mol. The van der Waals surface area contributed by atoms with Gasteiger partial charge in [0.15, 0.2) is 0 Å². The number of carbonyl (C=O) groups excluding carboxylic acids is 3. The van der Waals surface area contributed by atoms with Crippen LogP contribution >= 0.6 is 0 Å². The molecule has 1 aromatic carbocycles. The maximum atomic E-state index is 13.2. The molecule has 2 aromatic rings. The number of hydrogen-bond acceptors (Lipinski definition) is 8. The number of rotatable bonds is 8. The molecule has 2 aliphatic rings. The molecule has 0 bridgehead atoms. The number of amidine groups is 1. The average Bonchev–Trinajstić information content (AvgIpc) is 3.35. The zero-order valence-electron chi connectivity index (χ0n) is 24.5. The van der Waals surface area contributed by atoms with E-state index in [1.54, 1.807) is 17.2 Å². The number of hydroxylamine groups is 2. The highest BCUT2D eigenvalue weighted by Gasteiger charge is 2.37. The SMILES string of the molecule is CCCN(OCC)C(=O)C1=Cc2ccc(-c3ccc(C(=O)N4CCC[C@@H]4C(=O)OC(C)(C)C)nc3)cc2N=C(N)C1. The lowest BCUT2D eigenvalue weighted by atomic mass is 10.0. The van der Waals surface area contributed by atoms with Gasteiger partial charge in [-0.25, -0.2) is 14.9 Å². The van der Waals surface area contributed by atoms with Crippen molar-refractivity contribution < 1.29 is 24.0 Å². The van der Waals surface area contributed by atoms with Crippen molar-refractivity contribution in [3.05, 3.63) is 53.4 Å². The molecule has 0 saturated carbocycles. The minimum absolute atomic E-state index is 0.218. The summed E-state index contributed by atoms with van der Waals surface area (Å²) in [5.74, 6) is -0.576. The zero-order chi connectivity index (χ0) is 29.7. The molecule has 0 unspecified atom stereocenters. The third kappa shape index (κ3) is 7.18. The highest BCUT2D eigenvalue weighted by Crippen LogP contribution is 2.32. The Morgan fingerprint density at radius 1 is 1.12 bits per heavy atom. The standard InChI is InChI=1S/C31H39N5O5/c1-6-14-36(40-7-2)28(37)23-16-21-11-10-20(17-25(21)34-27(32)18-23)22-12-13-24(33-19-22)29(38)35-15-8-9-26(35)30(39)41-31(3,4)5/h10-13,16-17,19,26H,6-9,14-15,18H2,1-5H3,(H2,32,34)/t26-/m1/s1. The predicted octanol–water partition coefficient (Wildman–Crippen LogP) is 4.66. The second-order valence-electron chi connectivity index (χ2n) is 11.2. The van der Waals surface area contributed by atoms with Gasteiger partial charge in [0.05, 0.1) is 12.3 Å². The second kappa shape index (κ2) is 12.6. The number of nitrogens with two attached hydrogens (primary N) is 1. The number of pyridine rings is 1. The molecule has 1 fully saturated rings. The Bertz CT molecular complexity index is 1350. The molecular formula is C31H39N5O5. The lowest BCUT2D eigenvalue weighted by Gasteiger charge is -2.27. The fourth-order valence-corrected chi connectivity index (χ4v) is 4.91. The summed E-state index contributed by atoms with van der Waals surface area (Å²) in [5, 5.41) is 1.38. The normalized spacial score (nSPS) is 16.8. The number of likely N-dealkylation sites (tertiary alicyclic amines) is 1. The van der Waals surface area contributed by atoms with Gasteiger partial charge in [-0.05, 0) is 70.7 Å². The van der Waals surface area contributed by atoms with E-state index in [-0.39, 0.29) is 29.9 Å².